The molecule has 0 amide bonds. The molecular formula is C19H23F2NO. The van der Waals surface area contributed by atoms with Gasteiger partial charge in [0.15, 0.2) is 0 Å². The first-order valence-corrected chi connectivity index (χ1v) is 7.48. The minimum atomic E-state index is -0.615. The van der Waals surface area contributed by atoms with E-state index in [1.54, 1.807) is 35.6 Å². The largest absolute Gasteiger partial charge is 0.264 e. The Morgan fingerprint density at radius 1 is 1.17 bits per heavy atom. The van der Waals surface area contributed by atoms with Crippen LogP contribution in [0, 0.1) is 11.6 Å². The van der Waals surface area contributed by atoms with Crippen LogP contribution in [-0.2, 0) is 11.4 Å². The third-order valence-corrected chi connectivity index (χ3v) is 3.17. The van der Waals surface area contributed by atoms with E-state index in [2.05, 4.69) is 6.58 Å². The molecule has 124 valence electrons. The van der Waals surface area contributed by atoms with Gasteiger partial charge in [0.05, 0.1) is 5.56 Å². The third-order valence-electron chi connectivity index (χ3n) is 3.17. The van der Waals surface area contributed by atoms with Crippen LogP contribution in [0.4, 0.5) is 8.78 Å². The van der Waals surface area contributed by atoms with Crippen molar-refractivity contribution in [3.63, 3.8) is 0 Å². The zero-order valence-corrected chi connectivity index (χ0v) is 13.9. The van der Waals surface area contributed by atoms with Gasteiger partial charge >= 0.3 is 0 Å². The molecule has 0 aromatic heterocycles. The standard InChI is InChI=1S/C19H23F2NO/c1-5-7-8-9-13-22(19(6-2)15(3)4)23-14-16-17(20)11-10-12-18(16)21/h5,7-13H,1,6,14H2,2-4H3/b8-7-,13-9-. The molecule has 0 saturated carbocycles. The Hall–Kier alpha value is -2.20. The van der Waals surface area contributed by atoms with Gasteiger partial charge in [0.2, 0.25) is 0 Å². The van der Waals surface area contributed by atoms with Crippen LogP contribution in [0.2, 0.25) is 0 Å². The van der Waals surface area contributed by atoms with Gasteiger partial charge in [-0.2, -0.15) is 0 Å². The highest BCUT2D eigenvalue weighted by atomic mass is 19.1. The van der Waals surface area contributed by atoms with Gasteiger partial charge in [-0.3, -0.25) is 4.84 Å². The molecule has 1 aromatic carbocycles. The molecular weight excluding hydrogens is 296 g/mol. The van der Waals surface area contributed by atoms with Gasteiger partial charge in [0.1, 0.15) is 18.2 Å². The highest BCUT2D eigenvalue weighted by molar-refractivity contribution is 5.19. The van der Waals surface area contributed by atoms with Crippen LogP contribution in [0.3, 0.4) is 0 Å². The summed E-state index contributed by atoms with van der Waals surface area (Å²) in [6.07, 6.45) is 9.46. The number of hydrogen-bond donors (Lipinski definition) is 0. The molecule has 0 saturated heterocycles. The summed E-state index contributed by atoms with van der Waals surface area (Å²) in [5, 5.41) is 1.55. The van der Waals surface area contributed by atoms with Crippen LogP contribution in [0.25, 0.3) is 0 Å². The van der Waals surface area contributed by atoms with E-state index in [4.69, 9.17) is 4.84 Å². The van der Waals surface area contributed by atoms with Gasteiger partial charge in [-0.1, -0.05) is 43.4 Å². The fourth-order valence-electron chi connectivity index (χ4n) is 2.02. The second-order valence-corrected chi connectivity index (χ2v) is 5.06. The van der Waals surface area contributed by atoms with Crippen molar-refractivity contribution >= 4 is 0 Å². The van der Waals surface area contributed by atoms with Crippen molar-refractivity contribution in [2.45, 2.75) is 33.8 Å². The summed E-state index contributed by atoms with van der Waals surface area (Å²) in [5.41, 5.74) is 1.92. The molecule has 0 aliphatic rings. The van der Waals surface area contributed by atoms with E-state index in [0.717, 1.165) is 17.7 Å². The number of nitrogens with zero attached hydrogens (tertiary/aromatic N) is 1. The lowest BCUT2D eigenvalue weighted by molar-refractivity contribution is -0.109. The second kappa shape index (κ2) is 9.74. The molecule has 1 aromatic rings. The molecule has 2 nitrogen and oxygen atoms in total. The minimum absolute atomic E-state index is 0.0863. The van der Waals surface area contributed by atoms with Crippen LogP contribution in [0.5, 0.6) is 0 Å². The van der Waals surface area contributed by atoms with Crippen LogP contribution in [0.15, 0.2) is 66.6 Å². The Bertz CT molecular complexity index is 594. The molecule has 0 fully saturated rings. The van der Waals surface area contributed by atoms with E-state index in [9.17, 15) is 8.78 Å². The fraction of sp³-hybridized carbons (Fsp3) is 0.263. The monoisotopic (exact) mass is 319 g/mol. The highest BCUT2D eigenvalue weighted by Crippen LogP contribution is 2.19. The summed E-state index contributed by atoms with van der Waals surface area (Å²) in [6, 6.07) is 3.77. The van der Waals surface area contributed by atoms with Gasteiger partial charge in [0, 0.05) is 11.9 Å². The maximum atomic E-state index is 13.7. The highest BCUT2D eigenvalue weighted by Gasteiger charge is 2.12. The average molecular weight is 319 g/mol. The number of rotatable bonds is 8. The lowest BCUT2D eigenvalue weighted by Gasteiger charge is -2.24. The van der Waals surface area contributed by atoms with Crippen molar-refractivity contribution in [2.24, 2.45) is 0 Å². The summed E-state index contributed by atoms with van der Waals surface area (Å²) < 4.78 is 27.4. The number of hydroxylamine groups is 2. The predicted octanol–water partition coefficient (Wildman–Crippen LogP) is 5.66. The average Bonchev–Trinajstić information content (AvgIpc) is 2.50. The van der Waals surface area contributed by atoms with Crippen molar-refractivity contribution < 1.29 is 13.6 Å². The SMILES string of the molecule is C=C/C=C\C=C/N(OCc1c(F)cccc1F)C(CC)=C(C)C. The van der Waals surface area contributed by atoms with E-state index in [1.807, 2.05) is 20.8 Å². The van der Waals surface area contributed by atoms with Crippen molar-refractivity contribution in [3.05, 3.63) is 83.8 Å². The quantitative estimate of drug-likeness (QED) is 0.453. The lowest BCUT2D eigenvalue weighted by atomic mass is 10.2. The number of allylic oxidation sites excluding steroid dienone is 6. The molecule has 0 aliphatic carbocycles. The van der Waals surface area contributed by atoms with Crippen molar-refractivity contribution in [1.29, 1.82) is 0 Å². The molecule has 4 heteroatoms. The zero-order valence-electron chi connectivity index (χ0n) is 13.9. The fourth-order valence-corrected chi connectivity index (χ4v) is 2.02. The lowest BCUT2D eigenvalue weighted by Crippen LogP contribution is -2.19. The molecule has 23 heavy (non-hydrogen) atoms. The molecule has 0 aliphatic heterocycles. The molecule has 0 N–H and O–H groups in total. The summed E-state index contributed by atoms with van der Waals surface area (Å²) in [4.78, 5) is 5.63. The Balaban J connectivity index is 2.97. The van der Waals surface area contributed by atoms with E-state index in [0.29, 0.717) is 0 Å². The Morgan fingerprint density at radius 3 is 2.35 bits per heavy atom. The Kier molecular flexibility index (Phi) is 7.98. The van der Waals surface area contributed by atoms with Crippen LogP contribution in [-0.4, -0.2) is 5.06 Å². The first-order valence-electron chi connectivity index (χ1n) is 7.48. The smallest absolute Gasteiger partial charge is 0.131 e. The summed E-state index contributed by atoms with van der Waals surface area (Å²) in [7, 11) is 0. The summed E-state index contributed by atoms with van der Waals surface area (Å²) in [6.45, 7) is 9.33. The molecule has 0 bridgehead atoms. The first kappa shape index (κ1) is 18.8. The number of hydrogen-bond acceptors (Lipinski definition) is 2. The molecule has 0 spiro atoms. The zero-order chi connectivity index (χ0) is 17.2. The summed E-state index contributed by atoms with van der Waals surface area (Å²) >= 11 is 0. The summed E-state index contributed by atoms with van der Waals surface area (Å²) in [5.74, 6) is -1.23. The molecule has 0 atom stereocenters. The van der Waals surface area contributed by atoms with Crippen LogP contribution < -0.4 is 0 Å². The van der Waals surface area contributed by atoms with Gasteiger partial charge in [-0.15, -0.1) is 0 Å². The molecule has 1 rings (SSSR count). The van der Waals surface area contributed by atoms with Crippen LogP contribution in [0.1, 0.15) is 32.8 Å². The van der Waals surface area contributed by atoms with Gasteiger partial charge in [-0.05, 0) is 38.5 Å². The van der Waals surface area contributed by atoms with Crippen molar-refractivity contribution in [3.8, 4) is 0 Å². The van der Waals surface area contributed by atoms with E-state index in [1.165, 1.54) is 18.2 Å². The maximum absolute atomic E-state index is 13.7. The number of benzene rings is 1. The van der Waals surface area contributed by atoms with E-state index < -0.39 is 11.6 Å². The third kappa shape index (κ3) is 5.83. The minimum Gasteiger partial charge on any atom is -0.264 e. The van der Waals surface area contributed by atoms with Crippen molar-refractivity contribution in [2.75, 3.05) is 0 Å². The molecule has 0 heterocycles. The van der Waals surface area contributed by atoms with Crippen molar-refractivity contribution in [1.82, 2.24) is 5.06 Å². The first-order chi connectivity index (χ1) is 11.0. The van der Waals surface area contributed by atoms with E-state index in [-0.39, 0.29) is 12.2 Å². The molecule has 0 radical (unpaired) electrons. The topological polar surface area (TPSA) is 12.5 Å². The van der Waals surface area contributed by atoms with Gasteiger partial charge in [-0.25, -0.2) is 13.8 Å². The maximum Gasteiger partial charge on any atom is 0.131 e. The normalized spacial score (nSPS) is 11.2. The number of halogens is 2. The Labute approximate surface area is 137 Å². The Morgan fingerprint density at radius 2 is 1.83 bits per heavy atom. The van der Waals surface area contributed by atoms with Crippen LogP contribution >= 0.6 is 0 Å². The van der Waals surface area contributed by atoms with Gasteiger partial charge < -0.3 is 0 Å². The second-order valence-electron chi connectivity index (χ2n) is 5.06. The van der Waals surface area contributed by atoms with Gasteiger partial charge in [0.25, 0.3) is 0 Å². The molecule has 0 unspecified atom stereocenters. The predicted molar refractivity (Wildman–Crippen MR) is 90.1 cm³/mol. The van der Waals surface area contributed by atoms with E-state index >= 15 is 0 Å².